The van der Waals surface area contributed by atoms with Crippen LogP contribution < -0.4 is 15.4 Å². The van der Waals surface area contributed by atoms with Crippen LogP contribution in [0.5, 0.6) is 5.75 Å². The smallest absolute Gasteiger partial charge is 0.410 e. The van der Waals surface area contributed by atoms with Crippen LogP contribution in [0.25, 0.3) is 0 Å². The number of carbonyl (C=O) groups is 2. The number of anilines is 1. The molecule has 1 aliphatic rings. The first-order chi connectivity index (χ1) is 11.1. The maximum atomic E-state index is 12.1. The zero-order chi connectivity index (χ0) is 16.7. The summed E-state index contributed by atoms with van der Waals surface area (Å²) in [4.78, 5) is 23.5. The topological polar surface area (TPSA) is 67.4 Å². The Hall–Kier alpha value is -2.13. The Bertz CT molecular complexity index is 619. The van der Waals surface area contributed by atoms with Crippen molar-refractivity contribution in [3.63, 3.8) is 0 Å². The zero-order valence-corrected chi connectivity index (χ0v) is 13.9. The number of terminal acetylenes is 1. The van der Waals surface area contributed by atoms with Gasteiger partial charge >= 0.3 is 6.09 Å². The maximum Gasteiger partial charge on any atom is 0.413 e. The summed E-state index contributed by atoms with van der Waals surface area (Å²) in [5, 5.41) is 5.32. The van der Waals surface area contributed by atoms with Crippen molar-refractivity contribution in [3.05, 3.63) is 24.3 Å². The highest BCUT2D eigenvalue weighted by Gasteiger charge is 2.32. The molecular weight excluding hydrogens is 312 g/mol. The molecule has 23 heavy (non-hydrogen) atoms. The molecule has 1 aromatic rings. The van der Waals surface area contributed by atoms with Gasteiger partial charge in [-0.05, 0) is 31.2 Å². The molecule has 0 radical (unpaired) electrons. The minimum atomic E-state index is -0.611. The van der Waals surface area contributed by atoms with Gasteiger partial charge in [-0.25, -0.2) is 4.79 Å². The summed E-state index contributed by atoms with van der Waals surface area (Å²) in [6.45, 7) is 0. The fourth-order valence-corrected chi connectivity index (χ4v) is 2.81. The number of hydrogen-bond donors (Lipinski definition) is 2. The lowest BCUT2D eigenvalue weighted by molar-refractivity contribution is 0.183. The van der Waals surface area contributed by atoms with E-state index >= 15 is 0 Å². The van der Waals surface area contributed by atoms with Crippen LogP contribution in [0.2, 0.25) is 0 Å². The summed E-state index contributed by atoms with van der Waals surface area (Å²) >= 11 is 1.07. The molecule has 1 aliphatic carbocycles. The van der Waals surface area contributed by atoms with E-state index in [-0.39, 0.29) is 5.24 Å². The van der Waals surface area contributed by atoms with Crippen molar-refractivity contribution in [1.82, 2.24) is 5.32 Å². The molecule has 2 N–H and O–H groups in total. The second-order valence-electron chi connectivity index (χ2n) is 5.45. The Labute approximate surface area is 140 Å². The number of thioether (sulfide) groups is 1. The van der Waals surface area contributed by atoms with E-state index in [1.165, 1.54) is 0 Å². The van der Waals surface area contributed by atoms with Crippen molar-refractivity contribution in [2.45, 2.75) is 37.6 Å². The molecule has 0 atom stereocenters. The van der Waals surface area contributed by atoms with Gasteiger partial charge < -0.3 is 15.4 Å². The molecule has 0 bridgehead atoms. The summed E-state index contributed by atoms with van der Waals surface area (Å²) in [6.07, 6.45) is 11.4. The van der Waals surface area contributed by atoms with Gasteiger partial charge in [0.15, 0.2) is 0 Å². The van der Waals surface area contributed by atoms with Crippen LogP contribution >= 0.6 is 11.8 Å². The average molecular weight is 332 g/mol. The molecule has 122 valence electrons. The number of benzene rings is 1. The summed E-state index contributed by atoms with van der Waals surface area (Å²) in [5.41, 5.74) is -0.0426. The van der Waals surface area contributed by atoms with E-state index in [0.29, 0.717) is 11.4 Å². The Morgan fingerprint density at radius 1 is 1.30 bits per heavy atom. The van der Waals surface area contributed by atoms with E-state index in [2.05, 4.69) is 16.6 Å². The third kappa shape index (κ3) is 4.93. The van der Waals surface area contributed by atoms with E-state index in [0.717, 1.165) is 43.9 Å². The molecule has 2 amide bonds. The minimum absolute atomic E-state index is 0.180. The Kier molecular flexibility index (Phi) is 5.94. The lowest BCUT2D eigenvalue weighted by atomic mass is 9.82. The first-order valence-electron chi connectivity index (χ1n) is 7.50. The van der Waals surface area contributed by atoms with Crippen molar-refractivity contribution < 1.29 is 14.3 Å². The lowest BCUT2D eigenvalue weighted by Crippen LogP contribution is -2.49. The average Bonchev–Trinajstić information content (AvgIpc) is 2.55. The van der Waals surface area contributed by atoms with Gasteiger partial charge in [0.2, 0.25) is 0 Å². The molecule has 1 aromatic carbocycles. The highest BCUT2D eigenvalue weighted by atomic mass is 32.2. The fraction of sp³-hybridized carbons (Fsp3) is 0.412. The van der Waals surface area contributed by atoms with Gasteiger partial charge in [-0.15, -0.1) is 6.42 Å². The van der Waals surface area contributed by atoms with Crippen LogP contribution in [0.1, 0.15) is 32.1 Å². The van der Waals surface area contributed by atoms with Crippen molar-refractivity contribution in [2.24, 2.45) is 0 Å². The molecule has 1 fully saturated rings. The van der Waals surface area contributed by atoms with Gasteiger partial charge in [0.05, 0.1) is 0 Å². The standard InChI is InChI=1S/C17H20N2O3S/c1-3-17(10-5-4-6-11-17)19-15(20)22-14-9-7-8-13(12-14)18-16(21)23-2/h1,7-9,12H,4-6,10-11H2,2H3,(H,18,21)(H,19,20). The Morgan fingerprint density at radius 2 is 2.04 bits per heavy atom. The molecule has 0 spiro atoms. The number of nitrogens with one attached hydrogen (secondary N) is 2. The molecule has 0 heterocycles. The SMILES string of the molecule is C#CC1(NC(=O)Oc2cccc(NC(=O)SC)c2)CCCCC1. The second kappa shape index (κ2) is 7.93. The molecule has 0 aliphatic heterocycles. The highest BCUT2D eigenvalue weighted by molar-refractivity contribution is 8.13. The Balaban J connectivity index is 1.98. The normalized spacial score (nSPS) is 16.0. The van der Waals surface area contributed by atoms with Gasteiger partial charge in [0.1, 0.15) is 11.3 Å². The van der Waals surface area contributed by atoms with E-state index < -0.39 is 11.6 Å². The molecule has 2 rings (SSSR count). The van der Waals surface area contributed by atoms with Crippen LogP contribution in [-0.4, -0.2) is 23.1 Å². The van der Waals surface area contributed by atoms with Gasteiger partial charge in [-0.2, -0.15) is 0 Å². The second-order valence-corrected chi connectivity index (χ2v) is 6.23. The van der Waals surface area contributed by atoms with Crippen LogP contribution in [0, 0.1) is 12.3 Å². The summed E-state index contributed by atoms with van der Waals surface area (Å²) in [7, 11) is 0. The predicted octanol–water partition coefficient (Wildman–Crippen LogP) is 4.01. The number of carbonyl (C=O) groups excluding carboxylic acids is 2. The fourth-order valence-electron chi connectivity index (χ4n) is 2.59. The number of amides is 2. The van der Waals surface area contributed by atoms with Gasteiger partial charge in [0, 0.05) is 11.8 Å². The van der Waals surface area contributed by atoms with E-state index in [1.807, 2.05) is 0 Å². The van der Waals surface area contributed by atoms with Crippen molar-refractivity contribution in [1.29, 1.82) is 0 Å². The highest BCUT2D eigenvalue weighted by Crippen LogP contribution is 2.28. The Morgan fingerprint density at radius 3 is 2.70 bits per heavy atom. The molecule has 1 saturated carbocycles. The molecule has 0 aromatic heterocycles. The molecule has 5 nitrogen and oxygen atoms in total. The van der Waals surface area contributed by atoms with Gasteiger partial charge in [-0.3, -0.25) is 4.79 Å². The van der Waals surface area contributed by atoms with Crippen LogP contribution in [0.15, 0.2) is 24.3 Å². The van der Waals surface area contributed by atoms with Crippen LogP contribution in [0.3, 0.4) is 0 Å². The first kappa shape index (κ1) is 17.2. The minimum Gasteiger partial charge on any atom is -0.410 e. The van der Waals surface area contributed by atoms with Gasteiger partial charge in [-0.1, -0.05) is 43.0 Å². The third-order valence-electron chi connectivity index (χ3n) is 3.80. The van der Waals surface area contributed by atoms with Crippen molar-refractivity contribution in [3.8, 4) is 18.1 Å². The monoisotopic (exact) mass is 332 g/mol. The van der Waals surface area contributed by atoms with E-state index in [4.69, 9.17) is 11.2 Å². The largest absolute Gasteiger partial charge is 0.413 e. The zero-order valence-electron chi connectivity index (χ0n) is 13.1. The van der Waals surface area contributed by atoms with E-state index in [1.54, 1.807) is 30.5 Å². The summed E-state index contributed by atoms with van der Waals surface area (Å²) in [5.74, 6) is 3.06. The molecule has 6 heteroatoms. The first-order valence-corrected chi connectivity index (χ1v) is 8.72. The number of hydrogen-bond acceptors (Lipinski definition) is 4. The maximum absolute atomic E-state index is 12.1. The molecule has 0 saturated heterocycles. The molecular formula is C17H20N2O3S. The van der Waals surface area contributed by atoms with E-state index in [9.17, 15) is 9.59 Å². The van der Waals surface area contributed by atoms with Crippen LogP contribution in [0.4, 0.5) is 15.3 Å². The summed E-state index contributed by atoms with van der Waals surface area (Å²) in [6, 6.07) is 6.67. The molecule has 0 unspecified atom stereocenters. The quantitative estimate of drug-likeness (QED) is 0.821. The number of ether oxygens (including phenoxy) is 1. The predicted molar refractivity (Wildman–Crippen MR) is 92.8 cm³/mol. The van der Waals surface area contributed by atoms with Crippen molar-refractivity contribution >= 4 is 28.8 Å². The lowest BCUT2D eigenvalue weighted by Gasteiger charge is -2.32. The number of rotatable bonds is 3. The third-order valence-corrected chi connectivity index (χ3v) is 4.27. The van der Waals surface area contributed by atoms with Gasteiger partial charge in [0.25, 0.3) is 5.24 Å². The summed E-state index contributed by atoms with van der Waals surface area (Å²) < 4.78 is 5.30. The van der Waals surface area contributed by atoms with Crippen molar-refractivity contribution in [2.75, 3.05) is 11.6 Å². The van der Waals surface area contributed by atoms with Crippen LogP contribution in [-0.2, 0) is 0 Å².